The van der Waals surface area contributed by atoms with Crippen LogP contribution in [0.1, 0.15) is 11.1 Å². The summed E-state index contributed by atoms with van der Waals surface area (Å²) in [6.45, 7) is 0. The van der Waals surface area contributed by atoms with Crippen LogP contribution in [0, 0.1) is 0 Å². The normalized spacial score (nSPS) is 14.3. The highest BCUT2D eigenvalue weighted by Crippen LogP contribution is 2.30. The van der Waals surface area contributed by atoms with Crippen molar-refractivity contribution in [3.8, 4) is 0 Å². The van der Waals surface area contributed by atoms with Crippen LogP contribution in [0.2, 0.25) is 0 Å². The summed E-state index contributed by atoms with van der Waals surface area (Å²) in [5.41, 5.74) is -1.39. The second-order valence-electron chi connectivity index (χ2n) is 4.64. The summed E-state index contributed by atoms with van der Waals surface area (Å²) < 4.78 is 109. The van der Waals surface area contributed by atoms with Crippen LogP contribution >= 0.6 is 0 Å². The van der Waals surface area contributed by atoms with E-state index in [2.05, 4.69) is 4.74 Å². The van der Waals surface area contributed by atoms with Crippen molar-refractivity contribution in [2.45, 2.75) is 24.9 Å². The van der Waals surface area contributed by atoms with Gasteiger partial charge >= 0.3 is 18.3 Å². The molecule has 0 spiro atoms. The van der Waals surface area contributed by atoms with Crippen LogP contribution in [-0.4, -0.2) is 37.0 Å². The molecule has 0 aliphatic rings. The van der Waals surface area contributed by atoms with E-state index in [1.54, 1.807) is 0 Å². The first-order valence-corrected chi connectivity index (χ1v) is 7.67. The van der Waals surface area contributed by atoms with Gasteiger partial charge in [0.05, 0.1) is 12.0 Å². The maximum atomic E-state index is 12.6. The van der Waals surface area contributed by atoms with Crippen LogP contribution in [-0.2, 0) is 32.2 Å². The smallest absolute Gasteiger partial charge is 0.426 e. The molecule has 0 heterocycles. The van der Waals surface area contributed by atoms with Crippen LogP contribution in [0.25, 0.3) is 0 Å². The van der Waals surface area contributed by atoms with Crippen molar-refractivity contribution in [3.05, 3.63) is 35.4 Å². The number of alkyl halides is 6. The summed E-state index contributed by atoms with van der Waals surface area (Å²) in [6, 6.07) is 3.26. The molecule has 0 radical (unpaired) electrons. The summed E-state index contributed by atoms with van der Waals surface area (Å²) >= 11 is 0. The Hall–Kier alpha value is -1.82. The minimum absolute atomic E-state index is 0.275. The summed E-state index contributed by atoms with van der Waals surface area (Å²) in [6.07, 6.45) is -14.1. The van der Waals surface area contributed by atoms with Gasteiger partial charge in [-0.1, -0.05) is 18.2 Å². The Morgan fingerprint density at radius 2 is 1.75 bits per heavy atom. The summed E-state index contributed by atoms with van der Waals surface area (Å²) in [5.74, 6) is -3.51. The van der Waals surface area contributed by atoms with Crippen molar-refractivity contribution in [1.82, 2.24) is 0 Å². The summed E-state index contributed by atoms with van der Waals surface area (Å²) in [4.78, 5) is 11.4. The summed E-state index contributed by atoms with van der Waals surface area (Å²) in [5, 5.41) is 0. The fourth-order valence-corrected chi connectivity index (χ4v) is 2.25. The molecule has 1 aromatic rings. The lowest BCUT2D eigenvalue weighted by atomic mass is 10.1. The fraction of sp³-hybridized carbons (Fsp3) is 0.417. The van der Waals surface area contributed by atoms with Crippen molar-refractivity contribution in [1.29, 1.82) is 0 Å². The molecule has 0 fully saturated rings. The van der Waals surface area contributed by atoms with Crippen molar-refractivity contribution in [2.75, 3.05) is 5.75 Å². The van der Waals surface area contributed by atoms with Gasteiger partial charge in [-0.2, -0.15) is 34.8 Å². The molecular weight excluding hydrogens is 370 g/mol. The molecule has 1 N–H and O–H groups in total. The van der Waals surface area contributed by atoms with Crippen LogP contribution in [0.4, 0.5) is 26.3 Å². The first-order chi connectivity index (χ1) is 10.7. The number of rotatable bonds is 5. The summed E-state index contributed by atoms with van der Waals surface area (Å²) in [7, 11) is -5.10. The van der Waals surface area contributed by atoms with E-state index in [1.165, 1.54) is 0 Å². The third-order valence-electron chi connectivity index (χ3n) is 2.60. The molecule has 0 saturated carbocycles. The predicted octanol–water partition coefficient (Wildman–Crippen LogP) is 2.61. The van der Waals surface area contributed by atoms with Gasteiger partial charge in [0, 0.05) is 0 Å². The number of hydrogen-bond donors (Lipinski definition) is 1. The van der Waals surface area contributed by atoms with Gasteiger partial charge in [-0.25, -0.2) is 0 Å². The Morgan fingerprint density at radius 1 is 1.17 bits per heavy atom. The van der Waals surface area contributed by atoms with Gasteiger partial charge in [-0.3, -0.25) is 9.35 Å². The quantitative estimate of drug-likeness (QED) is 0.483. The van der Waals surface area contributed by atoms with E-state index >= 15 is 0 Å². The lowest BCUT2D eigenvalue weighted by Crippen LogP contribution is -2.39. The molecule has 0 aliphatic carbocycles. The molecule has 12 heteroatoms. The molecule has 136 valence electrons. The van der Waals surface area contributed by atoms with E-state index in [1.807, 2.05) is 0 Å². The minimum atomic E-state index is -5.28. The van der Waals surface area contributed by atoms with E-state index in [-0.39, 0.29) is 5.56 Å². The van der Waals surface area contributed by atoms with Gasteiger partial charge in [0.25, 0.3) is 10.1 Å². The van der Waals surface area contributed by atoms with Gasteiger partial charge in [0.2, 0.25) is 6.10 Å². The van der Waals surface area contributed by atoms with Crippen molar-refractivity contribution >= 4 is 16.1 Å². The molecule has 0 aliphatic heterocycles. The second kappa shape index (κ2) is 6.97. The Balaban J connectivity index is 2.87. The zero-order chi connectivity index (χ0) is 18.8. The number of carbonyl (C=O) groups excluding carboxylic acids is 1. The second-order valence-corrected chi connectivity index (χ2v) is 6.14. The van der Waals surface area contributed by atoms with Gasteiger partial charge in [-0.15, -0.1) is 0 Å². The number of hydrogen-bond acceptors (Lipinski definition) is 4. The Labute approximate surface area is 132 Å². The Morgan fingerprint density at radius 3 is 2.21 bits per heavy atom. The van der Waals surface area contributed by atoms with Crippen LogP contribution in [0.15, 0.2) is 24.3 Å². The molecule has 0 saturated heterocycles. The van der Waals surface area contributed by atoms with Gasteiger partial charge in [-0.05, 0) is 11.6 Å². The molecular formula is C12H10F6O5S. The third-order valence-corrected chi connectivity index (χ3v) is 3.33. The van der Waals surface area contributed by atoms with Crippen molar-refractivity contribution < 1.29 is 48.8 Å². The van der Waals surface area contributed by atoms with E-state index in [9.17, 15) is 39.6 Å². The zero-order valence-corrected chi connectivity index (χ0v) is 12.4. The van der Waals surface area contributed by atoms with E-state index in [0.29, 0.717) is 12.1 Å². The molecule has 1 aromatic carbocycles. The molecule has 0 aromatic heterocycles. The SMILES string of the molecule is O=C(Cc1cccc(C(F)(F)F)c1)OC(CS(=O)(=O)O)C(F)(F)F. The molecule has 24 heavy (non-hydrogen) atoms. The maximum Gasteiger partial charge on any atom is 0.426 e. The number of halogens is 6. The topological polar surface area (TPSA) is 80.7 Å². The standard InChI is InChI=1S/C12H10F6O5S/c13-11(14,15)8-3-1-2-7(4-8)5-10(19)23-9(12(16,17)18)6-24(20,21)22/h1-4,9H,5-6H2,(H,20,21,22). The molecule has 0 amide bonds. The predicted molar refractivity (Wildman–Crippen MR) is 67.5 cm³/mol. The molecule has 1 unspecified atom stereocenters. The van der Waals surface area contributed by atoms with Crippen molar-refractivity contribution in [2.24, 2.45) is 0 Å². The highest BCUT2D eigenvalue weighted by atomic mass is 32.2. The van der Waals surface area contributed by atoms with Crippen LogP contribution in [0.3, 0.4) is 0 Å². The van der Waals surface area contributed by atoms with Crippen LogP contribution < -0.4 is 0 Å². The van der Waals surface area contributed by atoms with Crippen molar-refractivity contribution in [3.63, 3.8) is 0 Å². The van der Waals surface area contributed by atoms with Gasteiger partial charge < -0.3 is 4.74 Å². The van der Waals surface area contributed by atoms with Gasteiger partial charge in [0.15, 0.2) is 0 Å². The highest BCUT2D eigenvalue weighted by molar-refractivity contribution is 7.85. The molecule has 5 nitrogen and oxygen atoms in total. The number of ether oxygens (including phenoxy) is 1. The van der Waals surface area contributed by atoms with E-state index in [4.69, 9.17) is 4.55 Å². The lowest BCUT2D eigenvalue weighted by molar-refractivity contribution is -0.214. The fourth-order valence-electron chi connectivity index (χ4n) is 1.61. The average Bonchev–Trinajstić information content (AvgIpc) is 2.34. The Bertz CT molecular complexity index is 695. The van der Waals surface area contributed by atoms with E-state index < -0.39 is 52.3 Å². The molecule has 1 atom stereocenters. The minimum Gasteiger partial charge on any atom is -0.451 e. The monoisotopic (exact) mass is 380 g/mol. The highest BCUT2D eigenvalue weighted by Gasteiger charge is 2.45. The first kappa shape index (κ1) is 20.2. The number of esters is 1. The first-order valence-electron chi connectivity index (χ1n) is 6.06. The molecule has 0 bridgehead atoms. The van der Waals surface area contributed by atoms with Crippen LogP contribution in [0.5, 0.6) is 0 Å². The Kier molecular flexibility index (Phi) is 5.87. The number of carbonyl (C=O) groups is 1. The largest absolute Gasteiger partial charge is 0.451 e. The van der Waals surface area contributed by atoms with E-state index in [0.717, 1.165) is 12.1 Å². The van der Waals surface area contributed by atoms with Gasteiger partial charge in [0.1, 0.15) is 5.75 Å². The third kappa shape index (κ3) is 6.74. The number of benzene rings is 1. The zero-order valence-electron chi connectivity index (χ0n) is 11.6. The lowest BCUT2D eigenvalue weighted by Gasteiger charge is -2.19. The molecule has 1 rings (SSSR count). The maximum absolute atomic E-state index is 12.6. The average molecular weight is 380 g/mol.